The summed E-state index contributed by atoms with van der Waals surface area (Å²) in [5, 5.41) is 12.0. The first-order chi connectivity index (χ1) is 10.0. The Balaban J connectivity index is 2.31. The number of carboxylic acids is 1. The van der Waals surface area contributed by atoms with Gasteiger partial charge in [0.15, 0.2) is 0 Å². The van der Waals surface area contributed by atoms with E-state index in [1.807, 2.05) is 6.92 Å². The molecule has 1 aromatic heterocycles. The summed E-state index contributed by atoms with van der Waals surface area (Å²) in [4.78, 5) is 15.2. The number of halogens is 1. The summed E-state index contributed by atoms with van der Waals surface area (Å²) in [5.41, 5.74) is 5.47. The van der Waals surface area contributed by atoms with Crippen LogP contribution in [0.5, 0.6) is 5.88 Å². The van der Waals surface area contributed by atoms with Crippen molar-refractivity contribution in [3.05, 3.63) is 41.8 Å². The molecule has 110 valence electrons. The molecular formula is C14H14FN3O3. The van der Waals surface area contributed by atoms with Gasteiger partial charge in [0.25, 0.3) is 0 Å². The first-order valence-corrected chi connectivity index (χ1v) is 6.20. The molecule has 0 aliphatic rings. The minimum atomic E-state index is -1.31. The Morgan fingerprint density at radius 3 is 2.76 bits per heavy atom. The lowest BCUT2D eigenvalue weighted by Crippen LogP contribution is -2.08. The van der Waals surface area contributed by atoms with E-state index in [1.54, 1.807) is 12.1 Å². The normalized spacial score (nSPS) is 10.2. The minimum Gasteiger partial charge on any atom is -0.478 e. The number of rotatable bonds is 5. The molecule has 0 saturated carbocycles. The highest BCUT2D eigenvalue weighted by atomic mass is 19.1. The third-order valence-corrected chi connectivity index (χ3v) is 2.71. The van der Waals surface area contributed by atoms with Crippen molar-refractivity contribution in [2.24, 2.45) is 0 Å². The van der Waals surface area contributed by atoms with Crippen molar-refractivity contribution in [3.63, 3.8) is 0 Å². The number of carboxylic acid groups (broad SMARTS) is 1. The molecule has 2 rings (SSSR count). The number of ether oxygens (including phenoxy) is 1. The van der Waals surface area contributed by atoms with Gasteiger partial charge in [0.1, 0.15) is 11.4 Å². The quantitative estimate of drug-likeness (QED) is 0.733. The zero-order valence-electron chi connectivity index (χ0n) is 11.3. The molecular weight excluding hydrogens is 277 g/mol. The molecule has 0 amide bonds. The fourth-order valence-corrected chi connectivity index (χ4v) is 1.77. The SMILES string of the molecule is CCOc1ccc(Nc2ccc(F)c(N)c2C(=O)O)cn1. The van der Waals surface area contributed by atoms with E-state index in [-0.39, 0.29) is 11.3 Å². The van der Waals surface area contributed by atoms with Crippen molar-refractivity contribution in [2.45, 2.75) is 6.92 Å². The van der Waals surface area contributed by atoms with Crippen LogP contribution in [0.4, 0.5) is 21.5 Å². The maximum absolute atomic E-state index is 13.4. The van der Waals surface area contributed by atoms with Gasteiger partial charge in [-0.15, -0.1) is 0 Å². The third-order valence-electron chi connectivity index (χ3n) is 2.71. The highest BCUT2D eigenvalue weighted by molar-refractivity contribution is 6.00. The number of aromatic nitrogens is 1. The number of carbonyl (C=O) groups is 1. The second-order valence-electron chi connectivity index (χ2n) is 4.13. The highest BCUT2D eigenvalue weighted by Crippen LogP contribution is 2.28. The van der Waals surface area contributed by atoms with Crippen LogP contribution >= 0.6 is 0 Å². The highest BCUT2D eigenvalue weighted by Gasteiger charge is 2.17. The summed E-state index contributed by atoms with van der Waals surface area (Å²) in [5.74, 6) is -1.63. The molecule has 1 heterocycles. The van der Waals surface area contributed by atoms with Crippen molar-refractivity contribution in [1.82, 2.24) is 4.98 Å². The average Bonchev–Trinajstić information content (AvgIpc) is 2.45. The number of nitrogens with one attached hydrogen (secondary N) is 1. The van der Waals surface area contributed by atoms with E-state index in [0.29, 0.717) is 18.2 Å². The summed E-state index contributed by atoms with van der Waals surface area (Å²) >= 11 is 0. The molecule has 0 unspecified atom stereocenters. The second kappa shape index (κ2) is 6.08. The van der Waals surface area contributed by atoms with E-state index in [4.69, 9.17) is 15.6 Å². The van der Waals surface area contributed by atoms with Crippen LogP contribution in [0.1, 0.15) is 17.3 Å². The molecule has 0 spiro atoms. The molecule has 0 aliphatic heterocycles. The van der Waals surface area contributed by atoms with Crippen LogP contribution in [0.25, 0.3) is 0 Å². The standard InChI is InChI=1S/C14H14FN3O3/c1-2-21-11-6-3-8(7-17-11)18-10-5-4-9(15)13(16)12(10)14(19)20/h3-7,18H,2,16H2,1H3,(H,19,20). The summed E-state index contributed by atoms with van der Waals surface area (Å²) in [6.45, 7) is 2.34. The van der Waals surface area contributed by atoms with E-state index < -0.39 is 17.5 Å². The first-order valence-electron chi connectivity index (χ1n) is 6.20. The van der Waals surface area contributed by atoms with Crippen LogP contribution < -0.4 is 15.8 Å². The van der Waals surface area contributed by atoms with Gasteiger partial charge in [0.2, 0.25) is 5.88 Å². The number of anilines is 3. The molecule has 21 heavy (non-hydrogen) atoms. The zero-order chi connectivity index (χ0) is 15.4. The van der Waals surface area contributed by atoms with Crippen molar-refractivity contribution >= 4 is 23.0 Å². The Morgan fingerprint density at radius 2 is 2.19 bits per heavy atom. The van der Waals surface area contributed by atoms with Gasteiger partial charge in [-0.2, -0.15) is 0 Å². The number of hydrogen-bond acceptors (Lipinski definition) is 5. The Hall–Kier alpha value is -2.83. The number of hydrogen-bond donors (Lipinski definition) is 3. The van der Waals surface area contributed by atoms with Gasteiger partial charge >= 0.3 is 5.97 Å². The van der Waals surface area contributed by atoms with Crippen LogP contribution in [0.3, 0.4) is 0 Å². The number of pyridine rings is 1. The van der Waals surface area contributed by atoms with Gasteiger partial charge in [-0.05, 0) is 25.1 Å². The Morgan fingerprint density at radius 1 is 1.43 bits per heavy atom. The largest absolute Gasteiger partial charge is 0.478 e. The van der Waals surface area contributed by atoms with Crippen LogP contribution in [0, 0.1) is 5.82 Å². The molecule has 4 N–H and O–H groups in total. The maximum atomic E-state index is 13.4. The van der Waals surface area contributed by atoms with Crippen LogP contribution in [0.15, 0.2) is 30.5 Å². The third kappa shape index (κ3) is 3.19. The van der Waals surface area contributed by atoms with E-state index in [1.165, 1.54) is 12.3 Å². The van der Waals surface area contributed by atoms with Crippen molar-refractivity contribution in [1.29, 1.82) is 0 Å². The minimum absolute atomic E-state index is 0.187. The molecule has 0 saturated heterocycles. The molecule has 2 aromatic rings. The molecule has 0 aliphatic carbocycles. The second-order valence-corrected chi connectivity index (χ2v) is 4.13. The topological polar surface area (TPSA) is 97.5 Å². The molecule has 1 aromatic carbocycles. The molecule has 0 fully saturated rings. The number of nitrogens with two attached hydrogens (primary N) is 1. The summed E-state index contributed by atoms with van der Waals surface area (Å²) in [7, 11) is 0. The number of nitrogen functional groups attached to an aromatic ring is 1. The molecule has 0 radical (unpaired) electrons. The van der Waals surface area contributed by atoms with Gasteiger partial charge in [0, 0.05) is 6.07 Å². The van der Waals surface area contributed by atoms with E-state index in [2.05, 4.69) is 10.3 Å². The molecule has 0 bridgehead atoms. The van der Waals surface area contributed by atoms with Gasteiger partial charge < -0.3 is 20.9 Å². The van der Waals surface area contributed by atoms with Crippen LogP contribution in [-0.2, 0) is 0 Å². The maximum Gasteiger partial charge on any atom is 0.340 e. The van der Waals surface area contributed by atoms with E-state index in [9.17, 15) is 9.18 Å². The number of aromatic carboxylic acids is 1. The van der Waals surface area contributed by atoms with Crippen LogP contribution in [0.2, 0.25) is 0 Å². The smallest absolute Gasteiger partial charge is 0.340 e. The van der Waals surface area contributed by atoms with Gasteiger partial charge in [-0.3, -0.25) is 0 Å². The van der Waals surface area contributed by atoms with Gasteiger partial charge in [-0.1, -0.05) is 0 Å². The average molecular weight is 291 g/mol. The lowest BCUT2D eigenvalue weighted by Gasteiger charge is -2.12. The summed E-state index contributed by atoms with van der Waals surface area (Å²) < 4.78 is 18.6. The molecule has 0 atom stereocenters. The van der Waals surface area contributed by atoms with Crippen molar-refractivity contribution in [3.8, 4) is 5.88 Å². The number of benzene rings is 1. The monoisotopic (exact) mass is 291 g/mol. The summed E-state index contributed by atoms with van der Waals surface area (Å²) in [6, 6.07) is 5.72. The predicted molar refractivity (Wildman–Crippen MR) is 76.5 cm³/mol. The van der Waals surface area contributed by atoms with Crippen LogP contribution in [-0.4, -0.2) is 22.7 Å². The Kier molecular flexibility index (Phi) is 4.22. The van der Waals surface area contributed by atoms with Gasteiger partial charge in [-0.25, -0.2) is 14.2 Å². The number of nitrogens with zero attached hydrogens (tertiary/aromatic N) is 1. The molecule has 7 heteroatoms. The lowest BCUT2D eigenvalue weighted by atomic mass is 10.1. The first kappa shape index (κ1) is 14.6. The lowest BCUT2D eigenvalue weighted by molar-refractivity contribution is 0.0698. The predicted octanol–water partition coefficient (Wildman–Crippen LogP) is 2.64. The molecule has 6 nitrogen and oxygen atoms in total. The zero-order valence-corrected chi connectivity index (χ0v) is 11.3. The van der Waals surface area contributed by atoms with Gasteiger partial charge in [0.05, 0.1) is 29.9 Å². The van der Waals surface area contributed by atoms with E-state index in [0.717, 1.165) is 6.07 Å². The van der Waals surface area contributed by atoms with Crippen molar-refractivity contribution < 1.29 is 19.0 Å². The summed E-state index contributed by atoms with van der Waals surface area (Å²) in [6.07, 6.45) is 1.48. The fourth-order valence-electron chi connectivity index (χ4n) is 1.77. The van der Waals surface area contributed by atoms with Crippen molar-refractivity contribution in [2.75, 3.05) is 17.7 Å². The fraction of sp³-hybridized carbons (Fsp3) is 0.143. The Bertz CT molecular complexity index is 659. The van der Waals surface area contributed by atoms with E-state index >= 15 is 0 Å². The Labute approximate surface area is 120 Å².